The normalized spacial score (nSPS) is 10.8. The molecule has 2 aromatic heterocycles. The molecule has 0 fully saturated rings. The van der Waals surface area contributed by atoms with Gasteiger partial charge in [0.1, 0.15) is 5.02 Å². The van der Waals surface area contributed by atoms with Gasteiger partial charge in [-0.3, -0.25) is 4.68 Å². The topological polar surface area (TPSA) is 39.9 Å². The highest BCUT2D eigenvalue weighted by Crippen LogP contribution is 2.27. The highest BCUT2D eigenvalue weighted by molar-refractivity contribution is 6.31. The van der Waals surface area contributed by atoms with E-state index in [4.69, 9.17) is 16.3 Å². The summed E-state index contributed by atoms with van der Waals surface area (Å²) in [4.78, 5) is 4.04. The average Bonchev–Trinajstić information content (AvgIpc) is 2.62. The maximum Gasteiger partial charge on any atom is 0.258 e. The Morgan fingerprint density at radius 1 is 1.38 bits per heavy atom. The molecule has 0 amide bonds. The van der Waals surface area contributed by atoms with Gasteiger partial charge in [-0.05, 0) is 19.9 Å². The molecular formula is C11H12ClN3O. The largest absolute Gasteiger partial charge is 0.418 e. The van der Waals surface area contributed by atoms with Crippen molar-refractivity contribution in [1.82, 2.24) is 14.8 Å². The van der Waals surface area contributed by atoms with Crippen molar-refractivity contribution in [2.45, 2.75) is 19.9 Å². The van der Waals surface area contributed by atoms with E-state index in [1.165, 1.54) is 0 Å². The van der Waals surface area contributed by atoms with Crippen molar-refractivity contribution in [2.24, 2.45) is 0 Å². The third kappa shape index (κ3) is 2.33. The van der Waals surface area contributed by atoms with Gasteiger partial charge in [-0.2, -0.15) is 0 Å². The van der Waals surface area contributed by atoms with Gasteiger partial charge in [-0.1, -0.05) is 17.7 Å². The van der Waals surface area contributed by atoms with Crippen LogP contribution in [0.5, 0.6) is 11.8 Å². The predicted octanol–water partition coefficient (Wildman–Crippen LogP) is 3.30. The Balaban J connectivity index is 2.22. The van der Waals surface area contributed by atoms with Crippen LogP contribution in [0.25, 0.3) is 0 Å². The Morgan fingerprint density at radius 3 is 2.75 bits per heavy atom. The Hall–Kier alpha value is -1.55. The zero-order valence-corrected chi connectivity index (χ0v) is 9.85. The van der Waals surface area contributed by atoms with Gasteiger partial charge in [0.15, 0.2) is 0 Å². The van der Waals surface area contributed by atoms with Crippen LogP contribution in [0.2, 0.25) is 5.02 Å². The van der Waals surface area contributed by atoms with Crippen LogP contribution < -0.4 is 4.74 Å². The molecule has 2 heterocycles. The summed E-state index contributed by atoms with van der Waals surface area (Å²) in [5.41, 5.74) is 0. The fourth-order valence-corrected chi connectivity index (χ4v) is 1.37. The van der Waals surface area contributed by atoms with Gasteiger partial charge < -0.3 is 4.74 Å². The summed E-state index contributed by atoms with van der Waals surface area (Å²) in [6, 6.07) is 5.67. The highest BCUT2D eigenvalue weighted by Gasteiger charge is 2.11. The fourth-order valence-electron chi connectivity index (χ4n) is 1.19. The first kappa shape index (κ1) is 11.0. The SMILES string of the molecule is CC(C)n1cc(Cl)c(Oc2ccccn2)n1. The number of nitrogens with zero attached hydrogens (tertiary/aromatic N) is 3. The van der Waals surface area contributed by atoms with Gasteiger partial charge >= 0.3 is 0 Å². The van der Waals surface area contributed by atoms with Crippen LogP contribution in [0.3, 0.4) is 0 Å². The Labute approximate surface area is 98.8 Å². The van der Waals surface area contributed by atoms with Crippen molar-refractivity contribution in [1.29, 1.82) is 0 Å². The molecule has 0 saturated heterocycles. The second-order valence-corrected chi connectivity index (χ2v) is 4.03. The number of pyridine rings is 1. The summed E-state index contributed by atoms with van der Waals surface area (Å²) >= 11 is 6.00. The van der Waals surface area contributed by atoms with E-state index in [0.29, 0.717) is 16.8 Å². The third-order valence-corrected chi connectivity index (χ3v) is 2.28. The molecule has 0 aliphatic rings. The first-order chi connectivity index (χ1) is 7.66. The minimum absolute atomic E-state index is 0.249. The van der Waals surface area contributed by atoms with E-state index in [2.05, 4.69) is 10.1 Å². The summed E-state index contributed by atoms with van der Waals surface area (Å²) < 4.78 is 7.22. The lowest BCUT2D eigenvalue weighted by atomic mass is 10.4. The maximum atomic E-state index is 6.00. The summed E-state index contributed by atoms with van der Waals surface area (Å²) in [6.07, 6.45) is 3.40. The van der Waals surface area contributed by atoms with Gasteiger partial charge in [-0.15, -0.1) is 5.10 Å². The molecule has 0 aliphatic carbocycles. The van der Waals surface area contributed by atoms with Crippen LogP contribution in [-0.4, -0.2) is 14.8 Å². The van der Waals surface area contributed by atoms with E-state index in [9.17, 15) is 0 Å². The highest BCUT2D eigenvalue weighted by atomic mass is 35.5. The minimum Gasteiger partial charge on any atom is -0.418 e. The van der Waals surface area contributed by atoms with Crippen LogP contribution >= 0.6 is 11.6 Å². The summed E-state index contributed by atoms with van der Waals surface area (Å²) in [7, 11) is 0. The molecule has 0 atom stereocenters. The summed E-state index contributed by atoms with van der Waals surface area (Å²) in [6.45, 7) is 4.04. The molecule has 2 rings (SSSR count). The second-order valence-electron chi connectivity index (χ2n) is 3.63. The van der Waals surface area contributed by atoms with Crippen molar-refractivity contribution in [3.8, 4) is 11.8 Å². The standard InChI is InChI=1S/C11H12ClN3O/c1-8(2)15-7-9(12)11(14-15)16-10-5-3-4-6-13-10/h3-8H,1-2H3. The lowest BCUT2D eigenvalue weighted by Gasteiger charge is -2.03. The first-order valence-corrected chi connectivity index (χ1v) is 5.38. The zero-order chi connectivity index (χ0) is 11.5. The quantitative estimate of drug-likeness (QED) is 0.822. The fraction of sp³-hybridized carbons (Fsp3) is 0.273. The maximum absolute atomic E-state index is 6.00. The molecule has 4 nitrogen and oxygen atoms in total. The number of halogens is 1. The second kappa shape index (κ2) is 4.53. The van der Waals surface area contributed by atoms with Crippen LogP contribution in [0.15, 0.2) is 30.6 Å². The molecule has 0 radical (unpaired) electrons. The predicted molar refractivity (Wildman–Crippen MR) is 61.9 cm³/mol. The molecule has 0 spiro atoms. The number of rotatable bonds is 3. The first-order valence-electron chi connectivity index (χ1n) is 5.00. The van der Waals surface area contributed by atoms with Crippen molar-refractivity contribution >= 4 is 11.6 Å². The Morgan fingerprint density at radius 2 is 2.19 bits per heavy atom. The molecular weight excluding hydrogens is 226 g/mol. The van der Waals surface area contributed by atoms with E-state index in [1.807, 2.05) is 26.0 Å². The molecule has 84 valence electrons. The van der Waals surface area contributed by atoms with Gasteiger partial charge in [0.2, 0.25) is 5.88 Å². The van der Waals surface area contributed by atoms with Gasteiger partial charge in [0, 0.05) is 24.5 Å². The lowest BCUT2D eigenvalue weighted by molar-refractivity contribution is 0.422. The van der Waals surface area contributed by atoms with Crippen molar-refractivity contribution < 1.29 is 4.74 Å². The Bertz CT molecular complexity index is 467. The Kier molecular flexibility index (Phi) is 3.10. The molecule has 0 aromatic carbocycles. The molecule has 0 bridgehead atoms. The van der Waals surface area contributed by atoms with Crippen LogP contribution in [0.4, 0.5) is 0 Å². The average molecular weight is 238 g/mol. The van der Waals surface area contributed by atoms with Crippen molar-refractivity contribution in [2.75, 3.05) is 0 Å². The van der Waals surface area contributed by atoms with Crippen molar-refractivity contribution in [3.63, 3.8) is 0 Å². The molecule has 0 unspecified atom stereocenters. The molecule has 0 saturated carbocycles. The zero-order valence-electron chi connectivity index (χ0n) is 9.09. The summed E-state index contributed by atoms with van der Waals surface area (Å²) in [5, 5.41) is 4.71. The van der Waals surface area contributed by atoms with Gasteiger partial charge in [0.05, 0.1) is 0 Å². The van der Waals surface area contributed by atoms with E-state index >= 15 is 0 Å². The number of hydrogen-bond acceptors (Lipinski definition) is 3. The smallest absolute Gasteiger partial charge is 0.258 e. The molecule has 0 aliphatic heterocycles. The number of hydrogen-bond donors (Lipinski definition) is 0. The van der Waals surface area contributed by atoms with Crippen LogP contribution in [0.1, 0.15) is 19.9 Å². The number of ether oxygens (including phenoxy) is 1. The lowest BCUT2D eigenvalue weighted by Crippen LogP contribution is -2.00. The third-order valence-electron chi connectivity index (χ3n) is 2.02. The minimum atomic E-state index is 0.249. The van der Waals surface area contributed by atoms with E-state index in [0.717, 1.165) is 0 Å². The van der Waals surface area contributed by atoms with E-state index in [1.54, 1.807) is 23.1 Å². The molecule has 16 heavy (non-hydrogen) atoms. The van der Waals surface area contributed by atoms with Crippen LogP contribution in [-0.2, 0) is 0 Å². The molecule has 2 aromatic rings. The van der Waals surface area contributed by atoms with Gasteiger partial charge in [0.25, 0.3) is 5.88 Å². The van der Waals surface area contributed by atoms with Crippen LogP contribution in [0, 0.1) is 0 Å². The van der Waals surface area contributed by atoms with Gasteiger partial charge in [-0.25, -0.2) is 4.98 Å². The molecule has 5 heteroatoms. The molecule has 0 N–H and O–H groups in total. The summed E-state index contributed by atoms with van der Waals surface area (Å²) in [5.74, 6) is 0.868. The van der Waals surface area contributed by atoms with E-state index in [-0.39, 0.29) is 6.04 Å². The van der Waals surface area contributed by atoms with E-state index < -0.39 is 0 Å². The number of aromatic nitrogens is 3. The monoisotopic (exact) mass is 237 g/mol. The van der Waals surface area contributed by atoms with Crippen molar-refractivity contribution in [3.05, 3.63) is 35.6 Å².